The normalized spacial score (nSPS) is 14.5. The molecule has 4 rings (SSSR count). The molecule has 0 fully saturated rings. The second-order valence-corrected chi connectivity index (χ2v) is 6.96. The van der Waals surface area contributed by atoms with Crippen LogP contribution in [0, 0.1) is 6.92 Å². The smallest absolute Gasteiger partial charge is 0.231 e. The highest BCUT2D eigenvalue weighted by molar-refractivity contribution is 6.15. The third-order valence-corrected chi connectivity index (χ3v) is 4.73. The van der Waals surface area contributed by atoms with Crippen LogP contribution < -0.4 is 9.47 Å². The van der Waals surface area contributed by atoms with Crippen LogP contribution in [0.2, 0.25) is 0 Å². The van der Waals surface area contributed by atoms with Gasteiger partial charge in [0.15, 0.2) is 5.76 Å². The van der Waals surface area contributed by atoms with Crippen molar-refractivity contribution in [1.29, 1.82) is 0 Å². The number of fused-ring (bicyclic) bond motifs is 2. The maximum Gasteiger partial charge on any atom is 0.231 e. The minimum Gasteiger partial charge on any atom is -0.489 e. The van der Waals surface area contributed by atoms with Gasteiger partial charge < -0.3 is 14.0 Å². The van der Waals surface area contributed by atoms with Gasteiger partial charge in [-0.25, -0.2) is 0 Å². The summed E-state index contributed by atoms with van der Waals surface area (Å²) in [7, 11) is 1.99. The average Bonchev–Trinajstić information content (AvgIpc) is 3.13. The average molecular weight is 359 g/mol. The molecule has 0 saturated heterocycles. The number of hydrogen-bond donors (Lipinski definition) is 0. The molecule has 1 aliphatic heterocycles. The van der Waals surface area contributed by atoms with Crippen molar-refractivity contribution in [1.82, 2.24) is 4.57 Å². The van der Waals surface area contributed by atoms with Crippen molar-refractivity contribution in [2.45, 2.75) is 13.8 Å². The van der Waals surface area contributed by atoms with Crippen molar-refractivity contribution in [3.05, 3.63) is 77.2 Å². The Kier molecular flexibility index (Phi) is 4.11. The fraction of sp³-hybridized carbons (Fsp3) is 0.174. The van der Waals surface area contributed by atoms with Gasteiger partial charge in [0.25, 0.3) is 0 Å². The largest absolute Gasteiger partial charge is 0.489 e. The molecular weight excluding hydrogens is 338 g/mol. The summed E-state index contributed by atoms with van der Waals surface area (Å²) in [5, 5.41) is 1.09. The van der Waals surface area contributed by atoms with E-state index in [4.69, 9.17) is 9.47 Å². The molecule has 0 radical (unpaired) electrons. The van der Waals surface area contributed by atoms with Gasteiger partial charge >= 0.3 is 0 Å². The van der Waals surface area contributed by atoms with E-state index >= 15 is 0 Å². The van der Waals surface area contributed by atoms with Gasteiger partial charge in [0.1, 0.15) is 18.1 Å². The van der Waals surface area contributed by atoms with Gasteiger partial charge in [-0.2, -0.15) is 0 Å². The zero-order chi connectivity index (χ0) is 19.1. The second-order valence-electron chi connectivity index (χ2n) is 6.96. The third kappa shape index (κ3) is 2.93. The van der Waals surface area contributed by atoms with Crippen molar-refractivity contribution in [2.75, 3.05) is 6.61 Å². The standard InChI is InChI=1S/C23H21NO3/c1-14(2)13-26-20-10-9-18-22(25)21(27-23(18)15(20)3)11-16-12-24(4)19-8-6-5-7-17(16)19/h5-12H,1,13H2,2-4H3/b21-11-. The van der Waals surface area contributed by atoms with E-state index in [9.17, 15) is 4.79 Å². The van der Waals surface area contributed by atoms with Gasteiger partial charge in [-0.15, -0.1) is 0 Å². The van der Waals surface area contributed by atoms with E-state index in [0.29, 0.717) is 29.4 Å². The third-order valence-electron chi connectivity index (χ3n) is 4.73. The maximum absolute atomic E-state index is 12.8. The molecule has 0 unspecified atom stereocenters. The maximum atomic E-state index is 12.8. The van der Waals surface area contributed by atoms with Gasteiger partial charge in [0.05, 0.1) is 5.56 Å². The number of Topliss-reactive ketones (excluding diaryl/α,β-unsaturated/α-hetero) is 1. The Bertz CT molecular complexity index is 1120. The van der Waals surface area contributed by atoms with Gasteiger partial charge in [-0.05, 0) is 43.7 Å². The number of benzene rings is 2. The lowest BCUT2D eigenvalue weighted by molar-refractivity contribution is 0.101. The van der Waals surface area contributed by atoms with Crippen LogP contribution in [0.4, 0.5) is 0 Å². The molecule has 0 N–H and O–H groups in total. The molecule has 0 aliphatic carbocycles. The van der Waals surface area contributed by atoms with Crippen LogP contribution in [-0.4, -0.2) is 17.0 Å². The number of ether oxygens (including phenoxy) is 2. The van der Waals surface area contributed by atoms with Crippen molar-refractivity contribution < 1.29 is 14.3 Å². The van der Waals surface area contributed by atoms with Crippen molar-refractivity contribution in [3.63, 3.8) is 0 Å². The second kappa shape index (κ2) is 6.47. The molecule has 27 heavy (non-hydrogen) atoms. The fourth-order valence-corrected chi connectivity index (χ4v) is 3.35. The SMILES string of the molecule is C=C(C)COc1ccc2c(c1C)O/C(=C\c1cn(C)c3ccccc13)C2=O. The van der Waals surface area contributed by atoms with E-state index in [0.717, 1.165) is 27.6 Å². The van der Waals surface area contributed by atoms with Crippen LogP contribution in [0.1, 0.15) is 28.4 Å². The van der Waals surface area contributed by atoms with Crippen LogP contribution in [0.25, 0.3) is 17.0 Å². The molecule has 1 aliphatic rings. The summed E-state index contributed by atoms with van der Waals surface area (Å²) in [5.41, 5.74) is 4.40. The topological polar surface area (TPSA) is 40.5 Å². The summed E-state index contributed by atoms with van der Waals surface area (Å²) in [6, 6.07) is 11.7. The summed E-state index contributed by atoms with van der Waals surface area (Å²) >= 11 is 0. The molecule has 4 heteroatoms. The van der Waals surface area contributed by atoms with Crippen molar-refractivity contribution in [2.24, 2.45) is 7.05 Å². The number of aryl methyl sites for hydroxylation is 1. The number of hydrogen-bond acceptors (Lipinski definition) is 3. The predicted molar refractivity (Wildman–Crippen MR) is 107 cm³/mol. The van der Waals surface area contributed by atoms with Crippen LogP contribution in [0.3, 0.4) is 0 Å². The van der Waals surface area contributed by atoms with Gasteiger partial charge in [-0.3, -0.25) is 4.79 Å². The number of para-hydroxylation sites is 1. The first-order chi connectivity index (χ1) is 13.0. The number of carbonyl (C=O) groups is 1. The quantitative estimate of drug-likeness (QED) is 0.483. The summed E-state index contributed by atoms with van der Waals surface area (Å²) < 4.78 is 13.8. The molecular formula is C23H21NO3. The lowest BCUT2D eigenvalue weighted by Gasteiger charge is -2.11. The highest BCUT2D eigenvalue weighted by atomic mass is 16.5. The number of nitrogens with zero attached hydrogens (tertiary/aromatic N) is 1. The number of ketones is 1. The lowest BCUT2D eigenvalue weighted by atomic mass is 10.1. The van der Waals surface area contributed by atoms with Crippen molar-refractivity contribution >= 4 is 22.8 Å². The molecule has 0 atom stereocenters. The number of rotatable bonds is 4. The molecule has 136 valence electrons. The first-order valence-corrected chi connectivity index (χ1v) is 8.85. The molecule has 4 nitrogen and oxygen atoms in total. The lowest BCUT2D eigenvalue weighted by Crippen LogP contribution is -2.00. The summed E-state index contributed by atoms with van der Waals surface area (Å²) in [5.74, 6) is 1.51. The van der Waals surface area contributed by atoms with Crippen LogP contribution >= 0.6 is 0 Å². The Labute approximate surface area is 158 Å². The predicted octanol–water partition coefficient (Wildman–Crippen LogP) is 5.06. The van der Waals surface area contributed by atoms with E-state index in [1.54, 1.807) is 6.07 Å². The Morgan fingerprint density at radius 2 is 2.04 bits per heavy atom. The fourth-order valence-electron chi connectivity index (χ4n) is 3.35. The van der Waals surface area contributed by atoms with Gasteiger partial charge in [0.2, 0.25) is 5.78 Å². The summed E-state index contributed by atoms with van der Waals surface area (Å²) in [6.45, 7) is 8.10. The Morgan fingerprint density at radius 3 is 2.81 bits per heavy atom. The highest BCUT2D eigenvalue weighted by Crippen LogP contribution is 2.39. The zero-order valence-electron chi connectivity index (χ0n) is 15.7. The monoisotopic (exact) mass is 359 g/mol. The van der Waals surface area contributed by atoms with Crippen LogP contribution in [0.5, 0.6) is 11.5 Å². The first kappa shape index (κ1) is 17.2. The molecule has 0 spiro atoms. The first-order valence-electron chi connectivity index (χ1n) is 8.85. The van der Waals surface area contributed by atoms with E-state index in [2.05, 4.69) is 12.6 Å². The minimum atomic E-state index is -0.104. The minimum absolute atomic E-state index is 0.104. The van der Waals surface area contributed by atoms with E-state index < -0.39 is 0 Å². The summed E-state index contributed by atoms with van der Waals surface area (Å²) in [4.78, 5) is 12.8. The molecule has 2 heterocycles. The Morgan fingerprint density at radius 1 is 1.26 bits per heavy atom. The van der Waals surface area contributed by atoms with Gasteiger partial charge in [-0.1, -0.05) is 24.8 Å². The molecule has 0 amide bonds. The van der Waals surface area contributed by atoms with Crippen molar-refractivity contribution in [3.8, 4) is 11.5 Å². The number of aromatic nitrogens is 1. The molecule has 2 aromatic carbocycles. The number of allylic oxidation sites excluding steroid dienone is 1. The van der Waals surface area contributed by atoms with Gasteiger partial charge in [0, 0.05) is 35.3 Å². The van der Waals surface area contributed by atoms with E-state index in [-0.39, 0.29) is 5.78 Å². The zero-order valence-corrected chi connectivity index (χ0v) is 15.7. The number of carbonyl (C=O) groups excluding carboxylic acids is 1. The molecule has 3 aromatic rings. The Hall–Kier alpha value is -3.27. The Balaban J connectivity index is 1.71. The van der Waals surface area contributed by atoms with Crippen LogP contribution in [0.15, 0.2) is 60.5 Å². The summed E-state index contributed by atoms with van der Waals surface area (Å²) in [6.07, 6.45) is 3.82. The highest BCUT2D eigenvalue weighted by Gasteiger charge is 2.30. The molecule has 1 aromatic heterocycles. The van der Waals surface area contributed by atoms with E-state index in [1.807, 2.05) is 62.0 Å². The molecule has 0 bridgehead atoms. The van der Waals surface area contributed by atoms with Crippen LogP contribution in [-0.2, 0) is 7.05 Å². The van der Waals surface area contributed by atoms with E-state index in [1.165, 1.54) is 0 Å². The molecule has 0 saturated carbocycles.